The molecule has 1 fully saturated rings. The molecule has 1 aliphatic rings. The van der Waals surface area contributed by atoms with Crippen LogP contribution in [0.2, 0.25) is 0 Å². The normalized spacial score (nSPS) is 14.6. The van der Waals surface area contributed by atoms with Crippen LogP contribution in [0.5, 0.6) is 0 Å². The summed E-state index contributed by atoms with van der Waals surface area (Å²) in [5.41, 5.74) is 3.78. The molecule has 0 radical (unpaired) electrons. The van der Waals surface area contributed by atoms with Gasteiger partial charge in [-0.15, -0.1) is 23.1 Å². The predicted molar refractivity (Wildman–Crippen MR) is 122 cm³/mol. The number of nitrogens with zero attached hydrogens (tertiary/aromatic N) is 4. The number of piperazine rings is 1. The van der Waals surface area contributed by atoms with Gasteiger partial charge in [0, 0.05) is 54.3 Å². The first-order valence-electron chi connectivity index (χ1n) is 9.96. The molecule has 3 aromatic rings. The minimum Gasteiger partial charge on any atom is -0.368 e. The molecule has 0 bridgehead atoms. The second-order valence-electron chi connectivity index (χ2n) is 7.45. The summed E-state index contributed by atoms with van der Waals surface area (Å²) in [6.45, 7) is 9.72. The van der Waals surface area contributed by atoms with Gasteiger partial charge < -0.3 is 9.80 Å². The fourth-order valence-electron chi connectivity index (χ4n) is 3.69. The van der Waals surface area contributed by atoms with Crippen LogP contribution < -0.4 is 4.90 Å². The maximum Gasteiger partial charge on any atom is 0.223 e. The Morgan fingerprint density at radius 3 is 2.69 bits per heavy atom. The molecule has 1 saturated heterocycles. The van der Waals surface area contributed by atoms with E-state index >= 15 is 0 Å². The van der Waals surface area contributed by atoms with E-state index in [4.69, 9.17) is 0 Å². The third kappa shape index (κ3) is 4.41. The molecule has 0 aliphatic carbocycles. The van der Waals surface area contributed by atoms with Crippen molar-refractivity contribution in [1.82, 2.24) is 14.9 Å². The fraction of sp³-hybridized carbons (Fsp3) is 0.409. The highest BCUT2D eigenvalue weighted by Crippen LogP contribution is 2.34. The number of thioether (sulfide) groups is 1. The van der Waals surface area contributed by atoms with Gasteiger partial charge in [-0.2, -0.15) is 0 Å². The molecule has 7 heteroatoms. The lowest BCUT2D eigenvalue weighted by Crippen LogP contribution is -2.48. The molecule has 4 rings (SSSR count). The quantitative estimate of drug-likeness (QED) is 0.446. The van der Waals surface area contributed by atoms with E-state index in [0.29, 0.717) is 6.42 Å². The Bertz CT molecular complexity index is 1020. The third-order valence-corrected chi connectivity index (χ3v) is 7.59. The number of rotatable bonds is 5. The van der Waals surface area contributed by atoms with Crippen LogP contribution in [0.4, 0.5) is 5.69 Å². The van der Waals surface area contributed by atoms with Crippen LogP contribution in [0.15, 0.2) is 35.6 Å². The van der Waals surface area contributed by atoms with Gasteiger partial charge in [0.2, 0.25) is 5.91 Å². The molecule has 5 nitrogen and oxygen atoms in total. The fourth-order valence-corrected chi connectivity index (χ4v) is 5.74. The van der Waals surface area contributed by atoms with Gasteiger partial charge in [-0.25, -0.2) is 9.97 Å². The van der Waals surface area contributed by atoms with Gasteiger partial charge in [-0.05, 0) is 44.0 Å². The highest BCUT2D eigenvalue weighted by molar-refractivity contribution is 7.99. The van der Waals surface area contributed by atoms with Crippen molar-refractivity contribution in [2.24, 2.45) is 0 Å². The zero-order valence-corrected chi connectivity index (χ0v) is 18.8. The second-order valence-corrected chi connectivity index (χ2v) is 9.73. The number of carbonyl (C=O) groups excluding carboxylic acids is 1. The van der Waals surface area contributed by atoms with E-state index in [2.05, 4.69) is 59.9 Å². The van der Waals surface area contributed by atoms with Crippen molar-refractivity contribution in [2.45, 2.75) is 32.2 Å². The number of benzene rings is 1. The first kappa shape index (κ1) is 20.2. The minimum absolute atomic E-state index is 0.241. The van der Waals surface area contributed by atoms with Crippen molar-refractivity contribution < 1.29 is 4.79 Å². The van der Waals surface area contributed by atoms with Crippen LogP contribution in [0.3, 0.4) is 0 Å². The van der Waals surface area contributed by atoms with Crippen molar-refractivity contribution in [3.63, 3.8) is 0 Å². The highest BCUT2D eigenvalue weighted by atomic mass is 32.2. The molecule has 152 valence electrons. The van der Waals surface area contributed by atoms with Crippen LogP contribution in [-0.2, 0) is 4.79 Å². The van der Waals surface area contributed by atoms with Crippen molar-refractivity contribution in [3.05, 3.63) is 46.6 Å². The van der Waals surface area contributed by atoms with E-state index in [1.807, 2.05) is 4.90 Å². The van der Waals surface area contributed by atoms with Gasteiger partial charge in [-0.3, -0.25) is 4.79 Å². The molecule has 2 aromatic heterocycles. The first-order valence-corrected chi connectivity index (χ1v) is 11.8. The monoisotopic (exact) mass is 426 g/mol. The largest absolute Gasteiger partial charge is 0.368 e. The Morgan fingerprint density at radius 2 is 1.93 bits per heavy atom. The molecule has 0 atom stereocenters. The molecule has 0 spiro atoms. The zero-order chi connectivity index (χ0) is 20.4. The SMILES string of the molecule is Cc1cccc(N2CCN(C(=O)CCSc3ncnc4sc(C)c(C)c34)CC2)c1. The number of amides is 1. The molecule has 3 heterocycles. The van der Waals surface area contributed by atoms with Crippen LogP contribution in [0.1, 0.15) is 22.4 Å². The van der Waals surface area contributed by atoms with E-state index in [-0.39, 0.29) is 5.91 Å². The molecular formula is C22H26N4OS2. The molecule has 29 heavy (non-hydrogen) atoms. The Kier molecular flexibility index (Phi) is 6.06. The van der Waals surface area contributed by atoms with Gasteiger partial charge in [0.1, 0.15) is 16.2 Å². The van der Waals surface area contributed by atoms with Crippen molar-refractivity contribution in [1.29, 1.82) is 0 Å². The number of hydrogen-bond acceptors (Lipinski definition) is 6. The standard InChI is InChI=1S/C22H26N4OS2/c1-15-5-4-6-18(13-15)25-8-10-26(11-9-25)19(27)7-12-28-21-20-16(2)17(3)29-22(20)24-14-23-21/h4-6,13-14H,7-12H2,1-3H3. The predicted octanol–water partition coefficient (Wildman–Crippen LogP) is 4.45. The minimum atomic E-state index is 0.241. The molecule has 0 saturated carbocycles. The maximum absolute atomic E-state index is 12.7. The summed E-state index contributed by atoms with van der Waals surface area (Å²) in [5, 5.41) is 2.15. The molecule has 1 amide bonds. The Labute approximate surface area is 180 Å². The number of aromatic nitrogens is 2. The van der Waals surface area contributed by atoms with Crippen LogP contribution in [0, 0.1) is 20.8 Å². The summed E-state index contributed by atoms with van der Waals surface area (Å²) in [5.74, 6) is 0.988. The van der Waals surface area contributed by atoms with E-state index in [9.17, 15) is 4.79 Å². The first-order chi connectivity index (χ1) is 14.0. The Hall–Kier alpha value is -2.12. The van der Waals surface area contributed by atoms with Crippen molar-refractivity contribution in [2.75, 3.05) is 36.8 Å². The summed E-state index contributed by atoms with van der Waals surface area (Å²) >= 11 is 3.38. The van der Waals surface area contributed by atoms with E-state index in [1.165, 1.54) is 21.7 Å². The lowest BCUT2D eigenvalue weighted by Gasteiger charge is -2.36. The van der Waals surface area contributed by atoms with Crippen LogP contribution in [-0.4, -0.2) is 52.7 Å². The van der Waals surface area contributed by atoms with E-state index < -0.39 is 0 Å². The van der Waals surface area contributed by atoms with Crippen LogP contribution >= 0.6 is 23.1 Å². The molecule has 1 aliphatic heterocycles. The molecule has 1 aromatic carbocycles. The number of carbonyl (C=O) groups is 1. The highest BCUT2D eigenvalue weighted by Gasteiger charge is 2.21. The Morgan fingerprint density at radius 1 is 1.14 bits per heavy atom. The summed E-state index contributed by atoms with van der Waals surface area (Å²) in [6.07, 6.45) is 2.18. The average molecular weight is 427 g/mol. The molecule has 0 N–H and O–H groups in total. The lowest BCUT2D eigenvalue weighted by molar-refractivity contribution is -0.131. The third-order valence-electron chi connectivity index (χ3n) is 5.48. The average Bonchev–Trinajstić information content (AvgIpc) is 3.02. The number of anilines is 1. The molecule has 0 unspecified atom stereocenters. The van der Waals surface area contributed by atoms with Gasteiger partial charge >= 0.3 is 0 Å². The zero-order valence-electron chi connectivity index (χ0n) is 17.1. The van der Waals surface area contributed by atoms with E-state index in [1.54, 1.807) is 29.4 Å². The maximum atomic E-state index is 12.7. The summed E-state index contributed by atoms with van der Waals surface area (Å²) < 4.78 is 0. The van der Waals surface area contributed by atoms with Crippen molar-refractivity contribution >= 4 is 44.9 Å². The molecular weight excluding hydrogens is 400 g/mol. The number of aryl methyl sites for hydroxylation is 3. The lowest BCUT2D eigenvalue weighted by atomic mass is 10.2. The summed E-state index contributed by atoms with van der Waals surface area (Å²) in [4.78, 5) is 28.2. The Balaban J connectivity index is 1.30. The smallest absolute Gasteiger partial charge is 0.223 e. The number of thiophene rings is 1. The summed E-state index contributed by atoms with van der Waals surface area (Å²) in [7, 11) is 0. The van der Waals surface area contributed by atoms with Gasteiger partial charge in [0.15, 0.2) is 0 Å². The van der Waals surface area contributed by atoms with Gasteiger partial charge in [0.25, 0.3) is 0 Å². The number of fused-ring (bicyclic) bond motifs is 1. The second kappa shape index (κ2) is 8.71. The van der Waals surface area contributed by atoms with E-state index in [0.717, 1.165) is 47.2 Å². The van der Waals surface area contributed by atoms with Gasteiger partial charge in [0.05, 0.1) is 0 Å². The van der Waals surface area contributed by atoms with Gasteiger partial charge in [-0.1, -0.05) is 12.1 Å². The van der Waals surface area contributed by atoms with Crippen molar-refractivity contribution in [3.8, 4) is 0 Å². The number of hydrogen-bond donors (Lipinski definition) is 0. The topological polar surface area (TPSA) is 49.3 Å². The van der Waals surface area contributed by atoms with Crippen LogP contribution in [0.25, 0.3) is 10.2 Å². The summed E-state index contributed by atoms with van der Waals surface area (Å²) in [6, 6.07) is 8.58.